The van der Waals surface area contributed by atoms with Gasteiger partial charge in [0.25, 0.3) is 5.69 Å². The molecule has 2 N–H and O–H groups in total. The summed E-state index contributed by atoms with van der Waals surface area (Å²) >= 11 is 0. The Hall–Kier alpha value is -2.02. The molecule has 0 spiro atoms. The molecule has 1 fully saturated rings. The first-order valence-corrected chi connectivity index (χ1v) is 6.03. The summed E-state index contributed by atoms with van der Waals surface area (Å²) in [5.41, 5.74) is -0.400. The zero-order valence-corrected chi connectivity index (χ0v) is 10.2. The van der Waals surface area contributed by atoms with Crippen molar-refractivity contribution in [2.45, 2.75) is 12.8 Å². The van der Waals surface area contributed by atoms with Gasteiger partial charge in [-0.1, -0.05) is 0 Å². The molecule has 19 heavy (non-hydrogen) atoms. The van der Waals surface area contributed by atoms with Crippen molar-refractivity contribution in [3.8, 4) is 0 Å². The SMILES string of the molecule is O=C(Nc1cc([N+](=O)[O-])ccc1F)[C@H]1CCCNC1. The van der Waals surface area contributed by atoms with E-state index in [0.29, 0.717) is 6.54 Å². The van der Waals surface area contributed by atoms with Crippen LogP contribution >= 0.6 is 0 Å². The number of anilines is 1. The van der Waals surface area contributed by atoms with Gasteiger partial charge < -0.3 is 10.6 Å². The van der Waals surface area contributed by atoms with Gasteiger partial charge in [0.15, 0.2) is 0 Å². The Bertz CT molecular complexity index is 501. The summed E-state index contributed by atoms with van der Waals surface area (Å²) in [4.78, 5) is 21.9. The fourth-order valence-electron chi connectivity index (χ4n) is 2.03. The number of halogens is 1. The number of rotatable bonds is 3. The average Bonchev–Trinajstić information content (AvgIpc) is 2.42. The van der Waals surface area contributed by atoms with Gasteiger partial charge in [-0.3, -0.25) is 14.9 Å². The molecule has 7 heteroatoms. The van der Waals surface area contributed by atoms with Crippen molar-refractivity contribution in [1.29, 1.82) is 0 Å². The number of carbonyl (C=O) groups excluding carboxylic acids is 1. The lowest BCUT2D eigenvalue weighted by Crippen LogP contribution is -2.37. The molecule has 1 amide bonds. The van der Waals surface area contributed by atoms with Crippen LogP contribution in [0, 0.1) is 21.8 Å². The van der Waals surface area contributed by atoms with E-state index >= 15 is 0 Å². The van der Waals surface area contributed by atoms with Gasteiger partial charge in [-0.25, -0.2) is 4.39 Å². The monoisotopic (exact) mass is 267 g/mol. The van der Waals surface area contributed by atoms with E-state index in [1.54, 1.807) is 0 Å². The fourth-order valence-corrected chi connectivity index (χ4v) is 2.03. The predicted molar refractivity (Wildman–Crippen MR) is 67.3 cm³/mol. The van der Waals surface area contributed by atoms with Gasteiger partial charge in [-0.15, -0.1) is 0 Å². The van der Waals surface area contributed by atoms with Crippen molar-refractivity contribution in [3.05, 3.63) is 34.1 Å². The van der Waals surface area contributed by atoms with E-state index in [1.165, 1.54) is 0 Å². The van der Waals surface area contributed by atoms with E-state index in [9.17, 15) is 19.3 Å². The standard InChI is InChI=1S/C12H14FN3O3/c13-10-4-3-9(16(18)19)6-11(10)15-12(17)8-2-1-5-14-7-8/h3-4,6,8,14H,1-2,5,7H2,(H,15,17)/t8-/m0/s1. The molecule has 2 rings (SSSR count). The van der Waals surface area contributed by atoms with Crippen LogP contribution in [0.5, 0.6) is 0 Å². The van der Waals surface area contributed by atoms with Gasteiger partial charge in [0, 0.05) is 18.7 Å². The zero-order valence-electron chi connectivity index (χ0n) is 10.2. The minimum absolute atomic E-state index is 0.148. The van der Waals surface area contributed by atoms with Crippen molar-refractivity contribution in [1.82, 2.24) is 5.32 Å². The van der Waals surface area contributed by atoms with Gasteiger partial charge in [-0.2, -0.15) is 0 Å². The summed E-state index contributed by atoms with van der Waals surface area (Å²) in [7, 11) is 0. The molecule has 0 aromatic heterocycles. The zero-order chi connectivity index (χ0) is 13.8. The molecular formula is C12H14FN3O3. The lowest BCUT2D eigenvalue weighted by molar-refractivity contribution is -0.384. The second-order valence-electron chi connectivity index (χ2n) is 4.45. The molecule has 1 aromatic rings. The molecule has 1 aromatic carbocycles. The molecule has 1 heterocycles. The minimum Gasteiger partial charge on any atom is -0.323 e. The molecule has 1 saturated heterocycles. The second-order valence-corrected chi connectivity index (χ2v) is 4.45. The Balaban J connectivity index is 2.11. The Morgan fingerprint density at radius 3 is 2.95 bits per heavy atom. The predicted octanol–water partition coefficient (Wildman–Crippen LogP) is 1.67. The van der Waals surface area contributed by atoms with Gasteiger partial charge in [0.2, 0.25) is 5.91 Å². The first-order valence-electron chi connectivity index (χ1n) is 6.03. The summed E-state index contributed by atoms with van der Waals surface area (Å²) in [5.74, 6) is -1.22. The van der Waals surface area contributed by atoms with Gasteiger partial charge in [0.05, 0.1) is 16.5 Å². The fraction of sp³-hybridized carbons (Fsp3) is 0.417. The van der Waals surface area contributed by atoms with Crippen LogP contribution in [0.3, 0.4) is 0 Å². The molecule has 0 saturated carbocycles. The van der Waals surface area contributed by atoms with Crippen molar-refractivity contribution in [2.75, 3.05) is 18.4 Å². The van der Waals surface area contributed by atoms with Crippen LogP contribution in [-0.2, 0) is 4.79 Å². The third-order valence-electron chi connectivity index (χ3n) is 3.09. The number of benzene rings is 1. The van der Waals surface area contributed by atoms with Crippen molar-refractivity contribution in [2.24, 2.45) is 5.92 Å². The van der Waals surface area contributed by atoms with Crippen molar-refractivity contribution < 1.29 is 14.1 Å². The molecule has 1 aliphatic heterocycles. The summed E-state index contributed by atoms with van der Waals surface area (Å²) in [5, 5.41) is 16.1. The quantitative estimate of drug-likeness (QED) is 0.644. The van der Waals surface area contributed by atoms with E-state index in [1.807, 2.05) is 0 Å². The Morgan fingerprint density at radius 2 is 2.32 bits per heavy atom. The van der Waals surface area contributed by atoms with Crippen LogP contribution in [0.4, 0.5) is 15.8 Å². The summed E-state index contributed by atoms with van der Waals surface area (Å²) in [6.07, 6.45) is 1.62. The number of carbonyl (C=O) groups is 1. The molecule has 6 nitrogen and oxygen atoms in total. The van der Waals surface area contributed by atoms with E-state index in [2.05, 4.69) is 10.6 Å². The van der Waals surface area contributed by atoms with Crippen molar-refractivity contribution in [3.63, 3.8) is 0 Å². The Morgan fingerprint density at radius 1 is 1.53 bits per heavy atom. The largest absolute Gasteiger partial charge is 0.323 e. The van der Waals surface area contributed by atoms with E-state index in [-0.39, 0.29) is 23.2 Å². The number of nitro groups is 1. The molecule has 0 radical (unpaired) electrons. The lowest BCUT2D eigenvalue weighted by atomic mass is 9.99. The number of non-ortho nitro benzene ring substituents is 1. The molecule has 1 aliphatic rings. The number of nitro benzene ring substituents is 1. The second kappa shape index (κ2) is 5.75. The van der Waals surface area contributed by atoms with Crippen LogP contribution in [-0.4, -0.2) is 23.9 Å². The third kappa shape index (κ3) is 3.25. The van der Waals surface area contributed by atoms with Crippen LogP contribution in [0.1, 0.15) is 12.8 Å². The first kappa shape index (κ1) is 13.4. The molecular weight excluding hydrogens is 253 g/mol. The third-order valence-corrected chi connectivity index (χ3v) is 3.09. The Kier molecular flexibility index (Phi) is 4.06. The topological polar surface area (TPSA) is 84.3 Å². The number of piperidine rings is 1. The maximum absolute atomic E-state index is 13.5. The highest BCUT2D eigenvalue weighted by Gasteiger charge is 2.22. The van der Waals surface area contributed by atoms with Crippen LogP contribution < -0.4 is 10.6 Å². The average molecular weight is 267 g/mol. The van der Waals surface area contributed by atoms with E-state index in [0.717, 1.165) is 37.6 Å². The highest BCUT2D eigenvalue weighted by Crippen LogP contribution is 2.22. The molecule has 1 atom stereocenters. The number of hydrogen-bond donors (Lipinski definition) is 2. The molecule has 0 unspecified atom stereocenters. The number of amides is 1. The van der Waals surface area contributed by atoms with Crippen LogP contribution in [0.2, 0.25) is 0 Å². The normalized spacial score (nSPS) is 18.9. The number of hydrogen-bond acceptors (Lipinski definition) is 4. The highest BCUT2D eigenvalue weighted by atomic mass is 19.1. The summed E-state index contributed by atoms with van der Waals surface area (Å²) in [6, 6.07) is 3.07. The van der Waals surface area contributed by atoms with Gasteiger partial charge >= 0.3 is 0 Å². The molecule has 0 bridgehead atoms. The van der Waals surface area contributed by atoms with Gasteiger partial charge in [0.1, 0.15) is 5.82 Å². The number of nitrogens with zero attached hydrogens (tertiary/aromatic N) is 1. The van der Waals surface area contributed by atoms with E-state index < -0.39 is 10.7 Å². The Labute approximate surface area is 109 Å². The van der Waals surface area contributed by atoms with Crippen LogP contribution in [0.15, 0.2) is 18.2 Å². The summed E-state index contributed by atoms with van der Waals surface area (Å²) < 4.78 is 13.5. The lowest BCUT2D eigenvalue weighted by Gasteiger charge is -2.21. The smallest absolute Gasteiger partial charge is 0.271 e. The van der Waals surface area contributed by atoms with Crippen molar-refractivity contribution >= 4 is 17.3 Å². The maximum atomic E-state index is 13.5. The molecule has 102 valence electrons. The maximum Gasteiger partial charge on any atom is 0.271 e. The highest BCUT2D eigenvalue weighted by molar-refractivity contribution is 5.93. The van der Waals surface area contributed by atoms with Gasteiger partial charge in [-0.05, 0) is 25.5 Å². The van der Waals surface area contributed by atoms with E-state index in [4.69, 9.17) is 0 Å². The van der Waals surface area contributed by atoms with Crippen LogP contribution in [0.25, 0.3) is 0 Å². The first-order chi connectivity index (χ1) is 9.08. The molecule has 0 aliphatic carbocycles. The minimum atomic E-state index is -0.678. The number of nitrogens with one attached hydrogen (secondary N) is 2. The summed E-state index contributed by atoms with van der Waals surface area (Å²) in [6.45, 7) is 1.41.